The van der Waals surface area contributed by atoms with Gasteiger partial charge in [0.2, 0.25) is 11.8 Å². The molecular formula is C28H35F2N5O4. The molecule has 210 valence electrons. The van der Waals surface area contributed by atoms with Crippen molar-refractivity contribution in [3.05, 3.63) is 71.3 Å². The van der Waals surface area contributed by atoms with Gasteiger partial charge in [0.25, 0.3) is 0 Å². The second-order valence-electron chi connectivity index (χ2n) is 10.9. The summed E-state index contributed by atoms with van der Waals surface area (Å²) in [6.45, 7) is 4.05. The number of urea groups is 1. The van der Waals surface area contributed by atoms with Crippen LogP contribution in [0.3, 0.4) is 0 Å². The van der Waals surface area contributed by atoms with Gasteiger partial charge in [0.05, 0.1) is 24.3 Å². The first-order chi connectivity index (χ1) is 18.4. The van der Waals surface area contributed by atoms with Gasteiger partial charge in [0.15, 0.2) is 0 Å². The Bertz CT molecular complexity index is 1220. The number of benzene rings is 2. The molecule has 2 fully saturated rings. The molecule has 0 bridgehead atoms. The zero-order valence-electron chi connectivity index (χ0n) is 22.5. The van der Waals surface area contributed by atoms with E-state index in [1.54, 1.807) is 30.7 Å². The Labute approximate surface area is 226 Å². The number of carbonyl (C=O) groups is 3. The van der Waals surface area contributed by atoms with Gasteiger partial charge in [-0.15, -0.1) is 0 Å². The maximum absolute atomic E-state index is 14.7. The zero-order valence-corrected chi connectivity index (χ0v) is 22.5. The maximum Gasteiger partial charge on any atom is 0.320 e. The number of hydrogen-bond acceptors (Lipinski definition) is 5. The van der Waals surface area contributed by atoms with Crippen molar-refractivity contribution in [2.75, 3.05) is 39.8 Å². The quantitative estimate of drug-likeness (QED) is 0.502. The summed E-state index contributed by atoms with van der Waals surface area (Å²) in [5, 5.41) is 2.72. The van der Waals surface area contributed by atoms with Crippen LogP contribution < -0.4 is 11.1 Å². The largest absolute Gasteiger partial charge is 0.374 e. The van der Waals surface area contributed by atoms with E-state index in [0.717, 1.165) is 11.6 Å². The summed E-state index contributed by atoms with van der Waals surface area (Å²) >= 11 is 0. The van der Waals surface area contributed by atoms with Crippen LogP contribution in [0.1, 0.15) is 25.0 Å². The molecule has 2 heterocycles. The fourth-order valence-electron chi connectivity index (χ4n) is 5.15. The molecule has 9 nitrogen and oxygen atoms in total. The SMILES string of the molecule is CN1CC2(Cc3ccc(F)cc3F)CN(C(=O)C(COCc3ccccc3)NC(=O)C(C)(C)N)CCN2C1=O. The third-order valence-corrected chi connectivity index (χ3v) is 7.17. The van der Waals surface area contributed by atoms with E-state index >= 15 is 0 Å². The molecule has 4 amide bonds. The average molecular weight is 544 g/mol. The van der Waals surface area contributed by atoms with Crippen molar-refractivity contribution < 1.29 is 27.9 Å². The van der Waals surface area contributed by atoms with Crippen LogP contribution in [0.15, 0.2) is 48.5 Å². The highest BCUT2D eigenvalue weighted by Gasteiger charge is 2.53. The lowest BCUT2D eigenvalue weighted by Crippen LogP contribution is -2.66. The average Bonchev–Trinajstić information content (AvgIpc) is 3.13. The van der Waals surface area contributed by atoms with Crippen LogP contribution in [-0.2, 0) is 27.4 Å². The predicted octanol–water partition coefficient (Wildman–Crippen LogP) is 1.89. The summed E-state index contributed by atoms with van der Waals surface area (Å²) in [5.74, 6) is -2.30. The maximum atomic E-state index is 14.7. The number of hydrogen-bond donors (Lipinski definition) is 2. The minimum absolute atomic E-state index is 0.0891. The fourth-order valence-corrected chi connectivity index (χ4v) is 5.15. The Kier molecular flexibility index (Phi) is 8.22. The van der Waals surface area contributed by atoms with Crippen molar-refractivity contribution in [2.24, 2.45) is 5.73 Å². The Morgan fingerprint density at radius 1 is 1.13 bits per heavy atom. The first-order valence-corrected chi connectivity index (χ1v) is 12.9. The van der Waals surface area contributed by atoms with E-state index in [9.17, 15) is 23.2 Å². The smallest absolute Gasteiger partial charge is 0.320 e. The minimum atomic E-state index is -1.22. The molecule has 2 aromatic rings. The first kappa shape index (κ1) is 28.4. The van der Waals surface area contributed by atoms with Crippen LogP contribution in [0.25, 0.3) is 0 Å². The van der Waals surface area contributed by atoms with Gasteiger partial charge in [-0.1, -0.05) is 36.4 Å². The van der Waals surface area contributed by atoms with Crippen LogP contribution in [0.4, 0.5) is 13.6 Å². The van der Waals surface area contributed by atoms with Gasteiger partial charge in [0.1, 0.15) is 17.7 Å². The van der Waals surface area contributed by atoms with Crippen molar-refractivity contribution in [3.8, 4) is 0 Å². The second kappa shape index (κ2) is 11.3. The number of amides is 4. The molecule has 0 aromatic heterocycles. The van der Waals surface area contributed by atoms with Crippen LogP contribution in [0.5, 0.6) is 0 Å². The fraction of sp³-hybridized carbons (Fsp3) is 0.464. The summed E-state index contributed by atoms with van der Waals surface area (Å²) in [4.78, 5) is 44.2. The number of rotatable bonds is 9. The van der Waals surface area contributed by atoms with E-state index in [1.807, 2.05) is 30.3 Å². The van der Waals surface area contributed by atoms with Crippen LogP contribution in [0.2, 0.25) is 0 Å². The summed E-state index contributed by atoms with van der Waals surface area (Å²) in [7, 11) is 1.65. The van der Waals surface area contributed by atoms with Crippen molar-refractivity contribution in [1.29, 1.82) is 0 Å². The Balaban J connectivity index is 1.55. The number of likely N-dealkylation sites (N-methyl/N-ethyl adjacent to an activating group) is 1. The van der Waals surface area contributed by atoms with Crippen molar-refractivity contribution in [1.82, 2.24) is 20.0 Å². The number of ether oxygens (including phenoxy) is 1. The van der Waals surface area contributed by atoms with Crippen LogP contribution >= 0.6 is 0 Å². The lowest BCUT2D eigenvalue weighted by Gasteiger charge is -2.46. The summed E-state index contributed by atoms with van der Waals surface area (Å²) in [6, 6.07) is 11.5. The molecular weight excluding hydrogens is 508 g/mol. The normalized spacial score (nSPS) is 20.2. The number of carbonyl (C=O) groups excluding carboxylic acids is 3. The van der Waals surface area contributed by atoms with E-state index in [4.69, 9.17) is 10.5 Å². The summed E-state index contributed by atoms with van der Waals surface area (Å²) in [5.41, 5.74) is 4.98. The second-order valence-corrected chi connectivity index (χ2v) is 10.9. The summed E-state index contributed by atoms with van der Waals surface area (Å²) < 4.78 is 34.0. The topological polar surface area (TPSA) is 108 Å². The van der Waals surface area contributed by atoms with E-state index in [2.05, 4.69) is 5.32 Å². The van der Waals surface area contributed by atoms with E-state index in [1.165, 1.54) is 17.0 Å². The van der Waals surface area contributed by atoms with E-state index in [-0.39, 0.29) is 63.3 Å². The molecule has 2 saturated heterocycles. The minimum Gasteiger partial charge on any atom is -0.374 e. The third kappa shape index (κ3) is 6.36. The Hall–Kier alpha value is -3.57. The van der Waals surface area contributed by atoms with Gasteiger partial charge in [-0.25, -0.2) is 13.6 Å². The molecule has 2 aliphatic rings. The molecule has 39 heavy (non-hydrogen) atoms. The number of piperazine rings is 1. The van der Waals surface area contributed by atoms with Gasteiger partial charge >= 0.3 is 6.03 Å². The molecule has 2 aliphatic heterocycles. The standard InChI is InChI=1S/C28H35F2N5O4/c1-27(2,31)25(37)32-23(16-39-15-19-7-5-4-6-8-19)24(36)34-11-12-35-26(38)33(3)17-28(35,18-34)14-20-9-10-21(29)13-22(20)30/h4-10,13,23H,11-12,14-18,31H2,1-3H3,(H,32,37). The molecule has 0 saturated carbocycles. The first-order valence-electron chi connectivity index (χ1n) is 12.9. The molecule has 3 N–H and O–H groups in total. The van der Waals surface area contributed by atoms with Crippen molar-refractivity contribution >= 4 is 17.8 Å². The predicted molar refractivity (Wildman–Crippen MR) is 140 cm³/mol. The molecule has 2 unspecified atom stereocenters. The number of fused-ring (bicyclic) bond motifs is 1. The van der Waals surface area contributed by atoms with E-state index < -0.39 is 34.7 Å². The third-order valence-electron chi connectivity index (χ3n) is 7.17. The number of nitrogens with one attached hydrogen (secondary N) is 1. The molecule has 0 radical (unpaired) electrons. The van der Waals surface area contributed by atoms with Crippen molar-refractivity contribution in [3.63, 3.8) is 0 Å². The molecule has 4 rings (SSSR count). The van der Waals surface area contributed by atoms with Crippen LogP contribution in [-0.4, -0.2) is 89.5 Å². The van der Waals surface area contributed by atoms with Crippen LogP contribution in [0, 0.1) is 11.6 Å². The molecule has 0 spiro atoms. The molecule has 0 aliphatic carbocycles. The number of nitrogens with two attached hydrogens (primary N) is 1. The highest BCUT2D eigenvalue weighted by molar-refractivity contribution is 5.92. The molecule has 11 heteroatoms. The summed E-state index contributed by atoms with van der Waals surface area (Å²) in [6.07, 6.45) is 0.0936. The van der Waals surface area contributed by atoms with Gasteiger partial charge in [-0.05, 0) is 31.0 Å². The lowest BCUT2D eigenvalue weighted by molar-refractivity contribution is -0.142. The van der Waals surface area contributed by atoms with Gasteiger partial charge in [0, 0.05) is 45.7 Å². The van der Waals surface area contributed by atoms with Gasteiger partial charge in [-0.2, -0.15) is 0 Å². The van der Waals surface area contributed by atoms with Gasteiger partial charge < -0.3 is 30.5 Å². The van der Waals surface area contributed by atoms with Gasteiger partial charge in [-0.3, -0.25) is 9.59 Å². The van der Waals surface area contributed by atoms with E-state index in [0.29, 0.717) is 0 Å². The monoisotopic (exact) mass is 543 g/mol. The lowest BCUT2D eigenvalue weighted by atomic mass is 9.87. The van der Waals surface area contributed by atoms with Crippen molar-refractivity contribution in [2.45, 2.75) is 44.0 Å². The number of nitrogens with zero attached hydrogens (tertiary/aromatic N) is 3. The highest BCUT2D eigenvalue weighted by Crippen LogP contribution is 2.34. The zero-order chi connectivity index (χ0) is 28.4. The Morgan fingerprint density at radius 3 is 2.51 bits per heavy atom. The molecule has 2 aromatic carbocycles. The number of halogens is 2. The Morgan fingerprint density at radius 2 is 1.85 bits per heavy atom. The molecule has 2 atom stereocenters. The highest BCUT2D eigenvalue weighted by atomic mass is 19.1.